The number of benzene rings is 1. The lowest BCUT2D eigenvalue weighted by Crippen LogP contribution is -2.29. The first-order chi connectivity index (χ1) is 7.08. The van der Waals surface area contributed by atoms with E-state index in [-0.39, 0.29) is 11.4 Å². The van der Waals surface area contributed by atoms with Gasteiger partial charge in [0.1, 0.15) is 0 Å². The zero-order valence-corrected chi connectivity index (χ0v) is 8.86. The van der Waals surface area contributed by atoms with Gasteiger partial charge < -0.3 is 9.64 Å². The summed E-state index contributed by atoms with van der Waals surface area (Å²) in [6, 6.07) is 7.70. The number of carbonyl (C=O) groups excluding carboxylic acids is 1. The number of fused-ring (bicyclic) bond motifs is 3. The van der Waals surface area contributed by atoms with Gasteiger partial charge >= 0.3 is 0 Å². The van der Waals surface area contributed by atoms with Crippen LogP contribution in [0.5, 0.6) is 0 Å². The molecule has 1 unspecified atom stereocenters. The van der Waals surface area contributed by atoms with Gasteiger partial charge in [-0.15, -0.1) is 0 Å². The van der Waals surface area contributed by atoms with E-state index in [1.807, 2.05) is 38.1 Å². The Morgan fingerprint density at radius 2 is 2.13 bits per heavy atom. The maximum absolute atomic E-state index is 12.0. The van der Waals surface area contributed by atoms with Crippen molar-refractivity contribution in [2.45, 2.75) is 25.7 Å². The van der Waals surface area contributed by atoms with Gasteiger partial charge in [0.2, 0.25) is 5.78 Å². The molecule has 1 fully saturated rings. The van der Waals surface area contributed by atoms with Crippen molar-refractivity contribution in [1.29, 1.82) is 0 Å². The summed E-state index contributed by atoms with van der Waals surface area (Å²) in [4.78, 5) is 14.1. The van der Waals surface area contributed by atoms with Crippen molar-refractivity contribution < 1.29 is 9.53 Å². The second kappa shape index (κ2) is 2.61. The number of para-hydroxylation sites is 1. The molecule has 3 nitrogen and oxygen atoms in total. The fourth-order valence-electron chi connectivity index (χ4n) is 2.37. The van der Waals surface area contributed by atoms with Crippen LogP contribution in [0.3, 0.4) is 0 Å². The molecule has 78 valence electrons. The molecule has 0 N–H and O–H groups in total. The summed E-state index contributed by atoms with van der Waals surface area (Å²) >= 11 is 0. The van der Waals surface area contributed by atoms with Crippen molar-refractivity contribution >= 4 is 11.5 Å². The highest BCUT2D eigenvalue weighted by Gasteiger charge is 2.48. The van der Waals surface area contributed by atoms with Crippen LogP contribution in [-0.2, 0) is 4.74 Å². The molecule has 0 saturated carbocycles. The average Bonchev–Trinajstić information content (AvgIpc) is 2.63. The minimum Gasteiger partial charge on any atom is -0.343 e. The van der Waals surface area contributed by atoms with E-state index < -0.39 is 6.23 Å². The quantitative estimate of drug-likeness (QED) is 0.644. The lowest BCUT2D eigenvalue weighted by molar-refractivity contribution is -0.00141. The van der Waals surface area contributed by atoms with Gasteiger partial charge in [-0.25, -0.2) is 0 Å². The summed E-state index contributed by atoms with van der Waals surface area (Å²) in [5.41, 5.74) is 1.57. The topological polar surface area (TPSA) is 29.5 Å². The van der Waals surface area contributed by atoms with Crippen LogP contribution in [0.25, 0.3) is 0 Å². The third kappa shape index (κ3) is 1.13. The van der Waals surface area contributed by atoms with E-state index in [4.69, 9.17) is 4.74 Å². The minimum atomic E-state index is -0.391. The van der Waals surface area contributed by atoms with Gasteiger partial charge in [-0.05, 0) is 26.0 Å². The first-order valence-electron chi connectivity index (χ1n) is 5.16. The Kier molecular flexibility index (Phi) is 1.55. The Labute approximate surface area is 88.6 Å². The normalized spacial score (nSPS) is 26.7. The zero-order valence-electron chi connectivity index (χ0n) is 8.86. The van der Waals surface area contributed by atoms with E-state index >= 15 is 0 Å². The molecular formula is C12H13NO2. The maximum Gasteiger partial charge on any atom is 0.214 e. The Morgan fingerprint density at radius 3 is 2.93 bits per heavy atom. The number of hydrogen-bond acceptors (Lipinski definition) is 3. The zero-order chi connectivity index (χ0) is 10.6. The highest BCUT2D eigenvalue weighted by Crippen LogP contribution is 2.39. The molecule has 0 aliphatic carbocycles. The smallest absolute Gasteiger partial charge is 0.214 e. The summed E-state index contributed by atoms with van der Waals surface area (Å²) in [6.45, 7) is 4.81. The number of nitrogens with zero attached hydrogens (tertiary/aromatic N) is 1. The summed E-state index contributed by atoms with van der Waals surface area (Å²) in [5.74, 6) is 0.0937. The second-order valence-electron chi connectivity index (χ2n) is 4.74. The van der Waals surface area contributed by atoms with Crippen molar-refractivity contribution in [2.75, 3.05) is 11.4 Å². The lowest BCUT2D eigenvalue weighted by atomic mass is 10.1. The van der Waals surface area contributed by atoms with Crippen molar-refractivity contribution in [2.24, 2.45) is 0 Å². The van der Waals surface area contributed by atoms with Gasteiger partial charge in [0.05, 0.1) is 11.3 Å². The van der Waals surface area contributed by atoms with Crippen LogP contribution in [0.4, 0.5) is 5.69 Å². The van der Waals surface area contributed by atoms with Gasteiger partial charge in [0.15, 0.2) is 6.23 Å². The molecule has 2 heterocycles. The summed E-state index contributed by atoms with van der Waals surface area (Å²) in [6.07, 6.45) is -0.391. The molecule has 1 aromatic carbocycles. The summed E-state index contributed by atoms with van der Waals surface area (Å²) in [7, 11) is 0. The van der Waals surface area contributed by atoms with Crippen molar-refractivity contribution in [3.05, 3.63) is 29.8 Å². The first-order valence-corrected chi connectivity index (χ1v) is 5.16. The van der Waals surface area contributed by atoms with Crippen LogP contribution in [0, 0.1) is 0 Å². The number of rotatable bonds is 0. The van der Waals surface area contributed by atoms with Crippen LogP contribution in [0.2, 0.25) is 0 Å². The van der Waals surface area contributed by atoms with Gasteiger partial charge in [0, 0.05) is 12.1 Å². The third-order valence-electron chi connectivity index (χ3n) is 2.97. The molecule has 2 aliphatic rings. The molecule has 3 rings (SSSR count). The van der Waals surface area contributed by atoms with Crippen molar-refractivity contribution in [1.82, 2.24) is 0 Å². The molecular weight excluding hydrogens is 190 g/mol. The highest BCUT2D eigenvalue weighted by atomic mass is 16.5. The Balaban J connectivity index is 2.10. The standard InChI is InChI=1S/C12H13NO2/c1-12(2)7-13-9-6-4-3-5-8(9)10(14)11(13)15-12/h3-6,11H,7H2,1-2H3. The van der Waals surface area contributed by atoms with E-state index in [0.29, 0.717) is 0 Å². The molecule has 1 atom stereocenters. The fourth-order valence-corrected chi connectivity index (χ4v) is 2.37. The number of Topliss-reactive ketones (excluding diaryl/α,β-unsaturated/α-hetero) is 1. The van der Waals surface area contributed by atoms with Crippen LogP contribution >= 0.6 is 0 Å². The number of anilines is 1. The van der Waals surface area contributed by atoms with Crippen LogP contribution in [0.1, 0.15) is 24.2 Å². The van der Waals surface area contributed by atoms with E-state index in [2.05, 4.69) is 4.90 Å². The van der Waals surface area contributed by atoms with Crippen molar-refractivity contribution in [3.63, 3.8) is 0 Å². The van der Waals surface area contributed by atoms with Crippen LogP contribution in [-0.4, -0.2) is 24.2 Å². The molecule has 2 aliphatic heterocycles. The number of ether oxygens (including phenoxy) is 1. The second-order valence-corrected chi connectivity index (χ2v) is 4.74. The molecule has 3 heteroatoms. The van der Waals surface area contributed by atoms with Crippen molar-refractivity contribution in [3.8, 4) is 0 Å². The van der Waals surface area contributed by atoms with Gasteiger partial charge in [-0.1, -0.05) is 12.1 Å². The SMILES string of the molecule is CC1(C)CN2c3ccccc3C(=O)C2O1. The molecule has 1 aromatic rings. The average molecular weight is 203 g/mol. The number of hydrogen-bond donors (Lipinski definition) is 0. The summed E-state index contributed by atoms with van der Waals surface area (Å²) < 4.78 is 5.74. The van der Waals surface area contributed by atoms with Gasteiger partial charge in [-0.3, -0.25) is 4.79 Å². The molecule has 0 amide bonds. The third-order valence-corrected chi connectivity index (χ3v) is 2.97. The van der Waals surface area contributed by atoms with Gasteiger partial charge in [0.25, 0.3) is 0 Å². The number of carbonyl (C=O) groups is 1. The minimum absolute atomic E-state index is 0.0937. The van der Waals surface area contributed by atoms with Crippen LogP contribution in [0.15, 0.2) is 24.3 Å². The maximum atomic E-state index is 12.0. The largest absolute Gasteiger partial charge is 0.343 e. The lowest BCUT2D eigenvalue weighted by Gasteiger charge is -2.17. The first kappa shape index (κ1) is 8.92. The molecule has 0 aromatic heterocycles. The van der Waals surface area contributed by atoms with E-state index in [9.17, 15) is 4.79 Å². The monoisotopic (exact) mass is 203 g/mol. The molecule has 0 bridgehead atoms. The Hall–Kier alpha value is -1.35. The summed E-state index contributed by atoms with van der Waals surface area (Å²) in [5, 5.41) is 0. The fraction of sp³-hybridized carbons (Fsp3) is 0.417. The number of ketones is 1. The van der Waals surface area contributed by atoms with E-state index in [1.54, 1.807) is 0 Å². The highest BCUT2D eigenvalue weighted by molar-refractivity contribution is 6.10. The van der Waals surface area contributed by atoms with E-state index in [1.165, 1.54) is 0 Å². The predicted octanol–water partition coefficient (Wildman–Crippen LogP) is 1.82. The predicted molar refractivity (Wildman–Crippen MR) is 57.1 cm³/mol. The molecule has 0 spiro atoms. The Morgan fingerprint density at radius 1 is 1.40 bits per heavy atom. The Bertz CT molecular complexity index is 439. The molecule has 15 heavy (non-hydrogen) atoms. The molecule has 1 saturated heterocycles. The van der Waals surface area contributed by atoms with Gasteiger partial charge in [-0.2, -0.15) is 0 Å². The van der Waals surface area contributed by atoms with Crippen LogP contribution < -0.4 is 4.90 Å². The van der Waals surface area contributed by atoms with E-state index in [0.717, 1.165) is 17.8 Å². The molecule has 0 radical (unpaired) electrons.